The van der Waals surface area contributed by atoms with E-state index in [1.807, 2.05) is 6.07 Å². The van der Waals surface area contributed by atoms with Gasteiger partial charge >= 0.3 is 11.9 Å². The highest BCUT2D eigenvalue weighted by Crippen LogP contribution is 2.06. The first kappa shape index (κ1) is 16.4. The second-order valence-corrected chi connectivity index (χ2v) is 4.02. The van der Waals surface area contributed by atoms with Crippen molar-refractivity contribution in [1.82, 2.24) is 0 Å². The lowest BCUT2D eigenvalue weighted by atomic mass is 10.3. The minimum absolute atomic E-state index is 0.216. The van der Waals surface area contributed by atoms with Crippen LogP contribution in [-0.4, -0.2) is 30.6 Å². The number of anilines is 1. The van der Waals surface area contributed by atoms with Crippen LogP contribution in [-0.2, 0) is 23.9 Å². The van der Waals surface area contributed by atoms with Gasteiger partial charge in [-0.1, -0.05) is 18.2 Å². The van der Waals surface area contributed by atoms with E-state index in [1.165, 1.54) is 6.92 Å². The molecule has 0 spiro atoms. The molecular weight excluding hydrogens is 274 g/mol. The number of ether oxygens (including phenoxy) is 2. The maximum absolute atomic E-state index is 11.8. The number of nitrogens with one attached hydrogen (secondary N) is 1. The van der Waals surface area contributed by atoms with Crippen LogP contribution < -0.4 is 5.32 Å². The van der Waals surface area contributed by atoms with E-state index >= 15 is 0 Å². The number of carbonyl (C=O) groups excluding carboxylic acids is 3. The van der Waals surface area contributed by atoms with Crippen molar-refractivity contribution >= 4 is 23.5 Å². The number of benzene rings is 1. The Bertz CT molecular complexity index is 524. The van der Waals surface area contributed by atoms with Gasteiger partial charge in [-0.3, -0.25) is 4.79 Å². The van der Waals surface area contributed by atoms with Gasteiger partial charge in [-0.2, -0.15) is 0 Å². The molecule has 0 unspecified atom stereocenters. The lowest BCUT2D eigenvalue weighted by molar-refractivity contribution is -0.148. The largest absolute Gasteiger partial charge is 0.463 e. The predicted octanol–water partition coefficient (Wildman–Crippen LogP) is 1.68. The lowest BCUT2D eigenvalue weighted by Gasteiger charge is -2.12. The molecule has 1 rings (SSSR count). The van der Waals surface area contributed by atoms with Crippen LogP contribution >= 0.6 is 0 Å². The standard InChI is InChI=1S/C15H17NO5/c1-3-20-13(17)9-10-14(18)21-11(2)15(19)16-12-7-5-4-6-8-12/h4-11H,3H2,1-2H3,(H,16,19)/b10-9+/t11-/m0/s1. The highest BCUT2D eigenvalue weighted by molar-refractivity contribution is 5.97. The third kappa shape index (κ3) is 6.38. The Morgan fingerprint density at radius 1 is 1.14 bits per heavy atom. The Morgan fingerprint density at radius 2 is 1.76 bits per heavy atom. The molecule has 21 heavy (non-hydrogen) atoms. The normalized spacial score (nSPS) is 11.7. The topological polar surface area (TPSA) is 81.7 Å². The Balaban J connectivity index is 2.45. The first-order valence-corrected chi connectivity index (χ1v) is 6.44. The fourth-order valence-corrected chi connectivity index (χ4v) is 1.36. The van der Waals surface area contributed by atoms with Crippen molar-refractivity contribution in [3.8, 4) is 0 Å². The van der Waals surface area contributed by atoms with Crippen LogP contribution in [0.15, 0.2) is 42.5 Å². The molecule has 1 amide bonds. The number of para-hydroxylation sites is 1. The predicted molar refractivity (Wildman–Crippen MR) is 76.4 cm³/mol. The van der Waals surface area contributed by atoms with Crippen LogP contribution in [0.2, 0.25) is 0 Å². The molecule has 1 N–H and O–H groups in total. The summed E-state index contributed by atoms with van der Waals surface area (Å²) >= 11 is 0. The molecule has 0 aliphatic carbocycles. The summed E-state index contributed by atoms with van der Waals surface area (Å²) in [5.41, 5.74) is 0.604. The number of hydrogen-bond acceptors (Lipinski definition) is 5. The second kappa shape index (κ2) is 8.52. The van der Waals surface area contributed by atoms with Gasteiger partial charge in [0.15, 0.2) is 6.10 Å². The van der Waals surface area contributed by atoms with E-state index in [0.717, 1.165) is 12.2 Å². The van der Waals surface area contributed by atoms with Crippen LogP contribution in [0.4, 0.5) is 5.69 Å². The van der Waals surface area contributed by atoms with Gasteiger partial charge in [0.25, 0.3) is 5.91 Å². The van der Waals surface area contributed by atoms with Crippen molar-refractivity contribution in [3.63, 3.8) is 0 Å². The highest BCUT2D eigenvalue weighted by atomic mass is 16.5. The van der Waals surface area contributed by atoms with E-state index in [4.69, 9.17) is 4.74 Å². The molecule has 0 bridgehead atoms. The van der Waals surface area contributed by atoms with Gasteiger partial charge in [-0.05, 0) is 26.0 Å². The quantitative estimate of drug-likeness (QED) is 0.637. The van der Waals surface area contributed by atoms with Gasteiger partial charge in [0, 0.05) is 17.8 Å². The molecule has 0 aliphatic rings. The van der Waals surface area contributed by atoms with Gasteiger partial charge < -0.3 is 14.8 Å². The fourth-order valence-electron chi connectivity index (χ4n) is 1.36. The van der Waals surface area contributed by atoms with E-state index in [-0.39, 0.29) is 6.61 Å². The van der Waals surface area contributed by atoms with Gasteiger partial charge in [0.05, 0.1) is 6.61 Å². The molecule has 0 radical (unpaired) electrons. The molecule has 6 nitrogen and oxygen atoms in total. The van der Waals surface area contributed by atoms with Crippen molar-refractivity contribution < 1.29 is 23.9 Å². The van der Waals surface area contributed by atoms with Crippen LogP contribution in [0.25, 0.3) is 0 Å². The second-order valence-electron chi connectivity index (χ2n) is 4.02. The van der Waals surface area contributed by atoms with E-state index < -0.39 is 23.9 Å². The molecule has 112 valence electrons. The van der Waals surface area contributed by atoms with Crippen LogP contribution in [0.5, 0.6) is 0 Å². The summed E-state index contributed by atoms with van der Waals surface area (Å²) in [6.45, 7) is 3.31. The molecule has 6 heteroatoms. The molecule has 0 aliphatic heterocycles. The molecule has 1 aromatic carbocycles. The lowest BCUT2D eigenvalue weighted by Crippen LogP contribution is -2.29. The number of esters is 2. The molecule has 0 saturated heterocycles. The summed E-state index contributed by atoms with van der Waals surface area (Å²) in [5, 5.41) is 2.60. The monoisotopic (exact) mass is 291 g/mol. The van der Waals surface area contributed by atoms with E-state index in [9.17, 15) is 14.4 Å². The first-order valence-electron chi connectivity index (χ1n) is 6.44. The molecule has 0 fully saturated rings. The number of hydrogen-bond donors (Lipinski definition) is 1. The molecule has 0 aromatic heterocycles. The summed E-state index contributed by atoms with van der Waals surface area (Å²) in [4.78, 5) is 34.2. The molecule has 1 atom stereocenters. The van der Waals surface area contributed by atoms with Crippen molar-refractivity contribution in [2.75, 3.05) is 11.9 Å². The molecule has 0 heterocycles. The smallest absolute Gasteiger partial charge is 0.331 e. The van der Waals surface area contributed by atoms with Crippen molar-refractivity contribution in [2.24, 2.45) is 0 Å². The Morgan fingerprint density at radius 3 is 2.38 bits per heavy atom. The zero-order valence-electron chi connectivity index (χ0n) is 11.9. The zero-order chi connectivity index (χ0) is 15.7. The van der Waals surface area contributed by atoms with Crippen molar-refractivity contribution in [1.29, 1.82) is 0 Å². The summed E-state index contributed by atoms with van der Waals surface area (Å²) in [7, 11) is 0. The van der Waals surface area contributed by atoms with Crippen LogP contribution in [0, 0.1) is 0 Å². The number of carbonyl (C=O) groups is 3. The summed E-state index contributed by atoms with van der Waals surface area (Å²) in [5.74, 6) is -1.89. The van der Waals surface area contributed by atoms with Gasteiger partial charge in [-0.25, -0.2) is 9.59 Å². The summed E-state index contributed by atoms with van der Waals surface area (Å²) in [6, 6.07) is 8.79. The number of amides is 1. The minimum atomic E-state index is -0.982. The van der Waals surface area contributed by atoms with Gasteiger partial charge in [0.2, 0.25) is 0 Å². The summed E-state index contributed by atoms with van der Waals surface area (Å²) in [6.07, 6.45) is 0.891. The first-order chi connectivity index (χ1) is 10.0. The van der Waals surface area contributed by atoms with Crippen molar-refractivity contribution in [2.45, 2.75) is 20.0 Å². The fraction of sp³-hybridized carbons (Fsp3) is 0.267. The minimum Gasteiger partial charge on any atom is -0.463 e. The third-order valence-corrected chi connectivity index (χ3v) is 2.35. The van der Waals surface area contributed by atoms with Gasteiger partial charge in [-0.15, -0.1) is 0 Å². The van der Waals surface area contributed by atoms with Crippen LogP contribution in [0.1, 0.15) is 13.8 Å². The molecule has 1 aromatic rings. The molecule has 0 saturated carbocycles. The van der Waals surface area contributed by atoms with Crippen LogP contribution in [0.3, 0.4) is 0 Å². The highest BCUT2D eigenvalue weighted by Gasteiger charge is 2.16. The Labute approximate surface area is 122 Å². The summed E-state index contributed by atoms with van der Waals surface area (Å²) < 4.78 is 9.48. The molecular formula is C15H17NO5. The number of rotatable bonds is 6. The zero-order valence-corrected chi connectivity index (χ0v) is 11.9. The maximum Gasteiger partial charge on any atom is 0.331 e. The maximum atomic E-state index is 11.8. The SMILES string of the molecule is CCOC(=O)/C=C/C(=O)O[C@@H](C)C(=O)Nc1ccccc1. The third-order valence-electron chi connectivity index (χ3n) is 2.35. The van der Waals surface area contributed by atoms with Gasteiger partial charge in [0.1, 0.15) is 0 Å². The van der Waals surface area contributed by atoms with E-state index in [1.54, 1.807) is 31.2 Å². The van der Waals surface area contributed by atoms with E-state index in [2.05, 4.69) is 10.1 Å². The van der Waals surface area contributed by atoms with Crippen molar-refractivity contribution in [3.05, 3.63) is 42.5 Å². The van der Waals surface area contributed by atoms with E-state index in [0.29, 0.717) is 5.69 Å². The Kier molecular flexibility index (Phi) is 6.67. The average Bonchev–Trinajstić information content (AvgIpc) is 2.46. The Hall–Kier alpha value is -2.63. The average molecular weight is 291 g/mol.